The smallest absolute Gasteiger partial charge is 0.255 e. The van der Waals surface area contributed by atoms with Crippen molar-refractivity contribution in [2.75, 3.05) is 24.9 Å². The van der Waals surface area contributed by atoms with Gasteiger partial charge in [-0.3, -0.25) is 9.59 Å². The van der Waals surface area contributed by atoms with Gasteiger partial charge in [0.1, 0.15) is 11.5 Å². The highest BCUT2D eigenvalue weighted by Gasteiger charge is 2.15. The lowest BCUT2D eigenvalue weighted by atomic mass is 10.1. The summed E-state index contributed by atoms with van der Waals surface area (Å²) in [5.41, 5.74) is 2.26. The SMILES string of the molecule is COc1cc(NC(=O)c2ccc(C)c(NC(C)=O)c2)c(OC)cc1Cl. The molecule has 0 aliphatic rings. The summed E-state index contributed by atoms with van der Waals surface area (Å²) >= 11 is 6.06. The lowest BCUT2D eigenvalue weighted by molar-refractivity contribution is -0.114. The Bertz CT molecular complexity index is 821. The van der Waals surface area contributed by atoms with Gasteiger partial charge in [-0.2, -0.15) is 0 Å². The highest BCUT2D eigenvalue weighted by atomic mass is 35.5. The number of methoxy groups -OCH3 is 2. The van der Waals surface area contributed by atoms with Crippen LogP contribution in [0.1, 0.15) is 22.8 Å². The van der Waals surface area contributed by atoms with Gasteiger partial charge in [0.2, 0.25) is 5.91 Å². The van der Waals surface area contributed by atoms with Crippen molar-refractivity contribution in [2.24, 2.45) is 0 Å². The molecule has 0 aliphatic heterocycles. The number of benzene rings is 2. The Hall–Kier alpha value is -2.73. The third kappa shape index (κ3) is 4.42. The van der Waals surface area contributed by atoms with E-state index in [1.54, 1.807) is 30.3 Å². The van der Waals surface area contributed by atoms with Gasteiger partial charge in [0.15, 0.2) is 0 Å². The topological polar surface area (TPSA) is 76.7 Å². The number of rotatable bonds is 5. The average Bonchev–Trinajstić information content (AvgIpc) is 2.57. The summed E-state index contributed by atoms with van der Waals surface area (Å²) in [5.74, 6) is 0.271. The van der Waals surface area contributed by atoms with Gasteiger partial charge in [-0.15, -0.1) is 0 Å². The van der Waals surface area contributed by atoms with Gasteiger partial charge in [0, 0.05) is 30.3 Å². The van der Waals surface area contributed by atoms with Crippen molar-refractivity contribution in [3.8, 4) is 11.5 Å². The summed E-state index contributed by atoms with van der Waals surface area (Å²) in [7, 11) is 2.97. The molecule has 132 valence electrons. The quantitative estimate of drug-likeness (QED) is 0.846. The highest BCUT2D eigenvalue weighted by Crippen LogP contribution is 2.36. The number of ether oxygens (including phenoxy) is 2. The van der Waals surface area contributed by atoms with Crippen molar-refractivity contribution in [3.05, 3.63) is 46.5 Å². The molecule has 0 radical (unpaired) electrons. The predicted molar refractivity (Wildman–Crippen MR) is 98.0 cm³/mol. The molecule has 2 aromatic rings. The van der Waals surface area contributed by atoms with E-state index in [0.29, 0.717) is 33.5 Å². The molecule has 0 fully saturated rings. The van der Waals surface area contributed by atoms with Crippen LogP contribution in [0.5, 0.6) is 11.5 Å². The minimum atomic E-state index is -0.353. The summed E-state index contributed by atoms with van der Waals surface area (Å²) in [6, 6.07) is 8.21. The minimum Gasteiger partial charge on any atom is -0.495 e. The molecule has 0 aromatic heterocycles. The van der Waals surface area contributed by atoms with Crippen molar-refractivity contribution in [3.63, 3.8) is 0 Å². The number of anilines is 2. The maximum atomic E-state index is 12.6. The monoisotopic (exact) mass is 362 g/mol. The number of aryl methyl sites for hydroxylation is 1. The third-order valence-corrected chi connectivity index (χ3v) is 3.83. The second-order valence-corrected chi connectivity index (χ2v) is 5.76. The zero-order valence-electron chi connectivity index (χ0n) is 14.4. The molecule has 0 aliphatic carbocycles. The summed E-state index contributed by atoms with van der Waals surface area (Å²) in [6.07, 6.45) is 0. The fraction of sp³-hybridized carbons (Fsp3) is 0.222. The standard InChI is InChI=1S/C18H19ClN2O4/c1-10-5-6-12(7-14(10)20-11(2)22)18(23)21-15-9-16(24-3)13(19)8-17(15)25-4/h5-9H,1-4H3,(H,20,22)(H,21,23). The number of carbonyl (C=O) groups is 2. The van der Waals surface area contributed by atoms with E-state index >= 15 is 0 Å². The first kappa shape index (κ1) is 18.6. The molecular formula is C18H19ClN2O4. The molecule has 0 spiro atoms. The molecule has 7 heteroatoms. The van der Waals surface area contributed by atoms with E-state index < -0.39 is 0 Å². The van der Waals surface area contributed by atoms with Gasteiger partial charge in [-0.05, 0) is 24.6 Å². The fourth-order valence-electron chi connectivity index (χ4n) is 2.24. The van der Waals surface area contributed by atoms with Crippen LogP contribution in [0, 0.1) is 6.92 Å². The first-order valence-electron chi connectivity index (χ1n) is 7.46. The maximum Gasteiger partial charge on any atom is 0.255 e. The van der Waals surface area contributed by atoms with Gasteiger partial charge in [0.25, 0.3) is 5.91 Å². The van der Waals surface area contributed by atoms with Crippen LogP contribution in [-0.4, -0.2) is 26.0 Å². The molecule has 0 atom stereocenters. The van der Waals surface area contributed by atoms with E-state index in [0.717, 1.165) is 5.56 Å². The molecule has 2 aromatic carbocycles. The maximum absolute atomic E-state index is 12.6. The normalized spacial score (nSPS) is 10.1. The van der Waals surface area contributed by atoms with Crippen molar-refractivity contribution >= 4 is 34.8 Å². The number of halogens is 1. The molecule has 2 amide bonds. The number of hydrogen-bond acceptors (Lipinski definition) is 4. The predicted octanol–water partition coefficient (Wildman–Crippen LogP) is 3.88. The number of amides is 2. The fourth-order valence-corrected chi connectivity index (χ4v) is 2.47. The lowest BCUT2D eigenvalue weighted by Crippen LogP contribution is -2.14. The van der Waals surface area contributed by atoms with Crippen LogP contribution in [-0.2, 0) is 4.79 Å². The van der Waals surface area contributed by atoms with Gasteiger partial charge in [0.05, 0.1) is 24.9 Å². The van der Waals surface area contributed by atoms with E-state index in [2.05, 4.69) is 10.6 Å². The van der Waals surface area contributed by atoms with Crippen LogP contribution in [0.4, 0.5) is 11.4 Å². The molecule has 6 nitrogen and oxygen atoms in total. The summed E-state index contributed by atoms with van der Waals surface area (Å²) < 4.78 is 10.4. The summed E-state index contributed by atoms with van der Waals surface area (Å²) in [6.45, 7) is 3.26. The third-order valence-electron chi connectivity index (χ3n) is 3.53. The van der Waals surface area contributed by atoms with Crippen LogP contribution < -0.4 is 20.1 Å². The van der Waals surface area contributed by atoms with Gasteiger partial charge in [-0.25, -0.2) is 0 Å². The van der Waals surface area contributed by atoms with E-state index in [9.17, 15) is 9.59 Å². The summed E-state index contributed by atoms with van der Waals surface area (Å²) in [4.78, 5) is 23.8. The summed E-state index contributed by atoms with van der Waals surface area (Å²) in [5, 5.41) is 5.84. The largest absolute Gasteiger partial charge is 0.495 e. The molecular weight excluding hydrogens is 344 g/mol. The van der Waals surface area contributed by atoms with Gasteiger partial charge in [-0.1, -0.05) is 17.7 Å². The minimum absolute atomic E-state index is 0.204. The Morgan fingerprint density at radius 1 is 0.960 bits per heavy atom. The zero-order chi connectivity index (χ0) is 18.6. The zero-order valence-corrected chi connectivity index (χ0v) is 15.2. The van der Waals surface area contributed by atoms with Crippen molar-refractivity contribution in [1.29, 1.82) is 0 Å². The molecule has 2 N–H and O–H groups in total. The first-order valence-corrected chi connectivity index (χ1v) is 7.84. The molecule has 25 heavy (non-hydrogen) atoms. The lowest BCUT2D eigenvalue weighted by Gasteiger charge is -2.14. The molecule has 0 saturated heterocycles. The van der Waals surface area contributed by atoms with E-state index in [1.165, 1.54) is 21.1 Å². The van der Waals surface area contributed by atoms with E-state index in [4.69, 9.17) is 21.1 Å². The van der Waals surface area contributed by atoms with E-state index in [-0.39, 0.29) is 11.8 Å². The first-order chi connectivity index (χ1) is 11.8. The highest BCUT2D eigenvalue weighted by molar-refractivity contribution is 6.32. The van der Waals surface area contributed by atoms with Crippen LogP contribution in [0.15, 0.2) is 30.3 Å². The van der Waals surface area contributed by atoms with E-state index in [1.807, 2.05) is 6.92 Å². The Labute approximate surface area is 151 Å². The van der Waals surface area contributed by atoms with Crippen LogP contribution in [0.25, 0.3) is 0 Å². The van der Waals surface area contributed by atoms with Crippen molar-refractivity contribution in [1.82, 2.24) is 0 Å². The van der Waals surface area contributed by atoms with Crippen LogP contribution in [0.3, 0.4) is 0 Å². The van der Waals surface area contributed by atoms with Crippen molar-refractivity contribution in [2.45, 2.75) is 13.8 Å². The molecule has 2 rings (SSSR count). The average molecular weight is 363 g/mol. The molecule has 0 bridgehead atoms. The van der Waals surface area contributed by atoms with Crippen LogP contribution in [0.2, 0.25) is 5.02 Å². The Morgan fingerprint density at radius 2 is 1.64 bits per heavy atom. The number of nitrogens with one attached hydrogen (secondary N) is 2. The Morgan fingerprint density at radius 3 is 2.24 bits per heavy atom. The number of carbonyl (C=O) groups excluding carboxylic acids is 2. The van der Waals surface area contributed by atoms with Crippen LogP contribution >= 0.6 is 11.6 Å². The van der Waals surface area contributed by atoms with Crippen molar-refractivity contribution < 1.29 is 19.1 Å². The molecule has 0 saturated carbocycles. The Balaban J connectivity index is 2.32. The molecule has 0 unspecified atom stereocenters. The number of hydrogen-bond donors (Lipinski definition) is 2. The molecule has 0 heterocycles. The second-order valence-electron chi connectivity index (χ2n) is 5.35. The Kier molecular flexibility index (Phi) is 5.88. The van der Waals surface area contributed by atoms with Gasteiger partial charge >= 0.3 is 0 Å². The van der Waals surface area contributed by atoms with Gasteiger partial charge < -0.3 is 20.1 Å². The second kappa shape index (κ2) is 7.90.